The number of aryl methyl sites for hydroxylation is 1. The van der Waals surface area contributed by atoms with Gasteiger partial charge in [-0.2, -0.15) is 0 Å². The van der Waals surface area contributed by atoms with Crippen LogP contribution in [0.1, 0.15) is 39.2 Å². The predicted molar refractivity (Wildman–Crippen MR) is 86.4 cm³/mol. The number of likely N-dealkylation sites (N-methyl/N-ethyl adjacent to an activating group) is 1. The fourth-order valence-electron chi connectivity index (χ4n) is 2.24. The van der Waals surface area contributed by atoms with Crippen LogP contribution < -0.4 is 4.90 Å². The average molecular weight is 290 g/mol. The molecule has 0 saturated carbocycles. The number of rotatable bonds is 7. The molecule has 0 bridgehead atoms. The SMILES string of the molecule is CCCCN(CC(=O)N(CC)c1cccc(C)c1)C(C)=O. The Balaban J connectivity index is 2.80. The van der Waals surface area contributed by atoms with Crippen LogP contribution >= 0.6 is 0 Å². The highest BCUT2D eigenvalue weighted by atomic mass is 16.2. The van der Waals surface area contributed by atoms with Crippen LogP contribution in [0.15, 0.2) is 24.3 Å². The Kier molecular flexibility index (Phi) is 6.92. The second-order valence-electron chi connectivity index (χ2n) is 5.27. The van der Waals surface area contributed by atoms with Gasteiger partial charge < -0.3 is 9.80 Å². The molecular weight excluding hydrogens is 264 g/mol. The smallest absolute Gasteiger partial charge is 0.246 e. The normalized spacial score (nSPS) is 10.3. The zero-order chi connectivity index (χ0) is 15.8. The van der Waals surface area contributed by atoms with Gasteiger partial charge in [0.1, 0.15) is 6.54 Å². The van der Waals surface area contributed by atoms with E-state index in [1.807, 2.05) is 38.1 Å². The minimum absolute atomic E-state index is 0.0330. The van der Waals surface area contributed by atoms with E-state index in [0.717, 1.165) is 24.1 Å². The van der Waals surface area contributed by atoms with E-state index < -0.39 is 0 Å². The molecule has 1 aromatic carbocycles. The van der Waals surface area contributed by atoms with Crippen LogP contribution in [0.2, 0.25) is 0 Å². The molecule has 0 aliphatic heterocycles. The summed E-state index contributed by atoms with van der Waals surface area (Å²) in [4.78, 5) is 27.5. The van der Waals surface area contributed by atoms with Crippen LogP contribution in [0, 0.1) is 6.92 Å². The van der Waals surface area contributed by atoms with Gasteiger partial charge in [-0.3, -0.25) is 9.59 Å². The molecule has 0 aromatic heterocycles. The molecule has 0 fully saturated rings. The maximum atomic E-state index is 12.5. The van der Waals surface area contributed by atoms with Crippen molar-refractivity contribution in [2.45, 2.75) is 40.5 Å². The van der Waals surface area contributed by atoms with Gasteiger partial charge in [-0.05, 0) is 38.0 Å². The highest BCUT2D eigenvalue weighted by Gasteiger charge is 2.19. The fourth-order valence-corrected chi connectivity index (χ4v) is 2.24. The largest absolute Gasteiger partial charge is 0.334 e. The summed E-state index contributed by atoms with van der Waals surface area (Å²) < 4.78 is 0. The van der Waals surface area contributed by atoms with Gasteiger partial charge in [0.15, 0.2) is 0 Å². The minimum atomic E-state index is -0.0444. The molecule has 0 aliphatic rings. The molecule has 0 N–H and O–H groups in total. The van der Waals surface area contributed by atoms with Crippen molar-refractivity contribution in [3.8, 4) is 0 Å². The maximum absolute atomic E-state index is 12.5. The molecule has 21 heavy (non-hydrogen) atoms. The number of hydrogen-bond acceptors (Lipinski definition) is 2. The number of nitrogens with zero attached hydrogens (tertiary/aromatic N) is 2. The predicted octanol–water partition coefficient (Wildman–Crippen LogP) is 3.00. The van der Waals surface area contributed by atoms with Gasteiger partial charge in [0.05, 0.1) is 0 Å². The number of hydrogen-bond donors (Lipinski definition) is 0. The highest BCUT2D eigenvalue weighted by Crippen LogP contribution is 2.16. The van der Waals surface area contributed by atoms with E-state index in [1.165, 1.54) is 6.92 Å². The Morgan fingerprint density at radius 1 is 1.19 bits per heavy atom. The van der Waals surface area contributed by atoms with Crippen LogP contribution in [0.4, 0.5) is 5.69 Å². The molecule has 0 atom stereocenters. The summed E-state index contributed by atoms with van der Waals surface area (Å²) in [5.74, 6) is -0.0773. The summed E-state index contributed by atoms with van der Waals surface area (Å²) >= 11 is 0. The quantitative estimate of drug-likeness (QED) is 0.774. The standard InChI is InChI=1S/C17H26N2O2/c1-5-7-11-18(15(4)20)13-17(21)19(6-2)16-10-8-9-14(3)12-16/h8-10,12H,5-7,11,13H2,1-4H3. The van der Waals surface area contributed by atoms with Gasteiger partial charge in [-0.15, -0.1) is 0 Å². The molecule has 0 heterocycles. The van der Waals surface area contributed by atoms with Crippen molar-refractivity contribution in [1.29, 1.82) is 0 Å². The molecule has 4 heteroatoms. The number of amides is 2. The molecule has 4 nitrogen and oxygen atoms in total. The van der Waals surface area contributed by atoms with Gasteiger partial charge >= 0.3 is 0 Å². The molecule has 116 valence electrons. The first-order valence-corrected chi connectivity index (χ1v) is 7.62. The van der Waals surface area contributed by atoms with Gasteiger partial charge in [-0.25, -0.2) is 0 Å². The zero-order valence-corrected chi connectivity index (χ0v) is 13.6. The van der Waals surface area contributed by atoms with Crippen molar-refractivity contribution in [3.63, 3.8) is 0 Å². The molecule has 2 amide bonds. The fraction of sp³-hybridized carbons (Fsp3) is 0.529. The maximum Gasteiger partial charge on any atom is 0.246 e. The highest BCUT2D eigenvalue weighted by molar-refractivity contribution is 5.96. The number of benzene rings is 1. The second-order valence-corrected chi connectivity index (χ2v) is 5.27. The van der Waals surface area contributed by atoms with Crippen LogP contribution in [0.25, 0.3) is 0 Å². The molecule has 0 aliphatic carbocycles. The number of carbonyl (C=O) groups excluding carboxylic acids is 2. The third kappa shape index (κ3) is 5.21. The van der Waals surface area contributed by atoms with Crippen LogP contribution in [0.5, 0.6) is 0 Å². The van der Waals surface area contributed by atoms with Crippen molar-refractivity contribution in [2.75, 3.05) is 24.5 Å². The third-order valence-electron chi connectivity index (χ3n) is 3.48. The molecule has 0 spiro atoms. The van der Waals surface area contributed by atoms with E-state index in [2.05, 4.69) is 6.92 Å². The molecule has 1 aromatic rings. The molecule has 0 radical (unpaired) electrons. The lowest BCUT2D eigenvalue weighted by Crippen LogP contribution is -2.42. The lowest BCUT2D eigenvalue weighted by molar-refractivity contribution is -0.133. The lowest BCUT2D eigenvalue weighted by Gasteiger charge is -2.26. The molecule has 1 rings (SSSR count). The van der Waals surface area contributed by atoms with Crippen molar-refractivity contribution in [3.05, 3.63) is 29.8 Å². The number of anilines is 1. The van der Waals surface area contributed by atoms with Gasteiger partial charge in [0.2, 0.25) is 11.8 Å². The van der Waals surface area contributed by atoms with Gasteiger partial charge in [0.25, 0.3) is 0 Å². The Morgan fingerprint density at radius 3 is 2.43 bits per heavy atom. The van der Waals surface area contributed by atoms with Crippen molar-refractivity contribution in [2.24, 2.45) is 0 Å². The van der Waals surface area contributed by atoms with E-state index >= 15 is 0 Å². The van der Waals surface area contributed by atoms with Crippen LogP contribution in [-0.2, 0) is 9.59 Å². The van der Waals surface area contributed by atoms with Crippen molar-refractivity contribution >= 4 is 17.5 Å². The number of carbonyl (C=O) groups is 2. The Morgan fingerprint density at radius 2 is 1.90 bits per heavy atom. The van der Waals surface area contributed by atoms with Gasteiger partial charge in [-0.1, -0.05) is 25.5 Å². The van der Waals surface area contributed by atoms with Gasteiger partial charge in [0, 0.05) is 25.7 Å². The van der Waals surface area contributed by atoms with Crippen molar-refractivity contribution < 1.29 is 9.59 Å². The van der Waals surface area contributed by atoms with E-state index in [-0.39, 0.29) is 18.4 Å². The monoisotopic (exact) mass is 290 g/mol. The van der Waals surface area contributed by atoms with Crippen LogP contribution in [-0.4, -0.2) is 36.3 Å². The Labute approximate surface area is 127 Å². The van der Waals surface area contributed by atoms with Crippen molar-refractivity contribution in [1.82, 2.24) is 4.90 Å². The first kappa shape index (κ1) is 17.2. The molecular formula is C17H26N2O2. The molecule has 0 unspecified atom stereocenters. The Bertz CT molecular complexity index is 485. The van der Waals surface area contributed by atoms with E-state index in [4.69, 9.17) is 0 Å². The minimum Gasteiger partial charge on any atom is -0.334 e. The second kappa shape index (κ2) is 8.45. The average Bonchev–Trinajstić information content (AvgIpc) is 2.44. The first-order valence-electron chi connectivity index (χ1n) is 7.62. The first-order chi connectivity index (χ1) is 9.99. The Hall–Kier alpha value is -1.84. The summed E-state index contributed by atoms with van der Waals surface area (Å²) in [6, 6.07) is 7.87. The van der Waals surface area contributed by atoms with E-state index in [0.29, 0.717) is 13.1 Å². The summed E-state index contributed by atoms with van der Waals surface area (Å²) in [5, 5.41) is 0. The number of unbranched alkanes of at least 4 members (excludes halogenated alkanes) is 1. The summed E-state index contributed by atoms with van der Waals surface area (Å²) in [7, 11) is 0. The van der Waals surface area contributed by atoms with E-state index in [1.54, 1.807) is 9.80 Å². The van der Waals surface area contributed by atoms with Crippen LogP contribution in [0.3, 0.4) is 0 Å². The summed E-state index contributed by atoms with van der Waals surface area (Å²) in [6.45, 7) is 8.94. The lowest BCUT2D eigenvalue weighted by atomic mass is 10.2. The van der Waals surface area contributed by atoms with E-state index in [9.17, 15) is 9.59 Å². The zero-order valence-electron chi connectivity index (χ0n) is 13.6. The summed E-state index contributed by atoms with van der Waals surface area (Å²) in [5.41, 5.74) is 2.01. The summed E-state index contributed by atoms with van der Waals surface area (Å²) in [6.07, 6.45) is 1.93. The topological polar surface area (TPSA) is 40.6 Å². The molecule has 0 saturated heterocycles. The third-order valence-corrected chi connectivity index (χ3v) is 3.48.